The van der Waals surface area contributed by atoms with E-state index in [0.29, 0.717) is 6.42 Å². The molecule has 27 heavy (non-hydrogen) atoms. The van der Waals surface area contributed by atoms with Crippen LogP contribution in [0, 0.1) is 5.41 Å². The summed E-state index contributed by atoms with van der Waals surface area (Å²) in [6.45, 7) is 6.25. The number of aromatic nitrogens is 3. The lowest BCUT2D eigenvalue weighted by molar-refractivity contribution is -0.123. The van der Waals surface area contributed by atoms with Crippen LogP contribution in [-0.2, 0) is 11.2 Å². The lowest BCUT2D eigenvalue weighted by Gasteiger charge is -2.31. The van der Waals surface area contributed by atoms with Gasteiger partial charge in [0.05, 0.1) is 11.9 Å². The van der Waals surface area contributed by atoms with Crippen molar-refractivity contribution in [3.63, 3.8) is 0 Å². The van der Waals surface area contributed by atoms with E-state index in [-0.39, 0.29) is 17.5 Å². The molecule has 6 nitrogen and oxygen atoms in total. The second-order valence-electron chi connectivity index (χ2n) is 8.10. The highest BCUT2D eigenvalue weighted by molar-refractivity contribution is 5.79. The lowest BCUT2D eigenvalue weighted by atomic mass is 9.92. The van der Waals surface area contributed by atoms with Gasteiger partial charge in [-0.15, -0.1) is 5.10 Å². The molecule has 3 aromatic rings. The number of carbonyl (C=O) groups excluding carboxylic acids is 1. The Hall–Kier alpha value is -2.89. The van der Waals surface area contributed by atoms with Crippen molar-refractivity contribution in [3.8, 4) is 0 Å². The first-order valence-corrected chi connectivity index (χ1v) is 9.11. The number of para-hydroxylation sites is 1. The topological polar surface area (TPSA) is 63.1 Å². The predicted molar refractivity (Wildman–Crippen MR) is 109 cm³/mol. The van der Waals surface area contributed by atoms with Crippen LogP contribution >= 0.6 is 0 Å². The fourth-order valence-corrected chi connectivity index (χ4v) is 3.02. The molecule has 1 aromatic heterocycles. The van der Waals surface area contributed by atoms with Crippen LogP contribution < -0.4 is 10.2 Å². The third-order valence-corrected chi connectivity index (χ3v) is 4.56. The van der Waals surface area contributed by atoms with Crippen LogP contribution in [-0.4, -0.2) is 35.0 Å². The van der Waals surface area contributed by atoms with E-state index in [1.807, 2.05) is 72.2 Å². The summed E-state index contributed by atoms with van der Waals surface area (Å²) in [6.07, 6.45) is 0.0332. The molecular weight excluding hydrogens is 338 g/mol. The van der Waals surface area contributed by atoms with Crippen molar-refractivity contribution in [2.75, 3.05) is 19.0 Å². The summed E-state index contributed by atoms with van der Waals surface area (Å²) in [6, 6.07) is 15.8. The molecule has 0 aliphatic rings. The van der Waals surface area contributed by atoms with Crippen molar-refractivity contribution in [1.82, 2.24) is 20.3 Å². The number of fused-ring (bicyclic) bond motifs is 1. The van der Waals surface area contributed by atoms with Crippen molar-refractivity contribution < 1.29 is 4.79 Å². The standard InChI is InChI=1S/C21H27N5O/c1-21(2,3)20(26-18-9-7-6-8-17(18)23-24-26)22-19(27)14-15-10-12-16(13-11-15)25(4)5/h6-13,20H,14H2,1-5H3,(H,22,27). The van der Waals surface area contributed by atoms with Crippen LogP contribution in [0.2, 0.25) is 0 Å². The predicted octanol–water partition coefficient (Wildman–Crippen LogP) is 3.40. The molecule has 0 aliphatic heterocycles. The molecule has 2 aromatic carbocycles. The molecule has 1 N–H and O–H groups in total. The van der Waals surface area contributed by atoms with E-state index >= 15 is 0 Å². The molecule has 0 aliphatic carbocycles. The second kappa shape index (κ2) is 7.39. The fourth-order valence-electron chi connectivity index (χ4n) is 3.02. The largest absolute Gasteiger partial charge is 0.378 e. The first kappa shape index (κ1) is 18.9. The first-order valence-electron chi connectivity index (χ1n) is 9.11. The molecule has 0 fully saturated rings. The van der Waals surface area contributed by atoms with E-state index in [1.54, 1.807) is 0 Å². The van der Waals surface area contributed by atoms with E-state index in [4.69, 9.17) is 0 Å². The normalized spacial score (nSPS) is 12.8. The van der Waals surface area contributed by atoms with E-state index < -0.39 is 0 Å². The summed E-state index contributed by atoms with van der Waals surface area (Å²) in [5.41, 5.74) is 3.60. The van der Waals surface area contributed by atoms with Gasteiger partial charge in [0.25, 0.3) is 0 Å². The van der Waals surface area contributed by atoms with Gasteiger partial charge in [-0.3, -0.25) is 4.79 Å². The fraction of sp³-hybridized carbons (Fsp3) is 0.381. The number of nitrogens with one attached hydrogen (secondary N) is 1. The molecule has 1 heterocycles. The van der Waals surface area contributed by atoms with Gasteiger partial charge in [0.15, 0.2) is 0 Å². The van der Waals surface area contributed by atoms with Crippen molar-refractivity contribution in [3.05, 3.63) is 54.1 Å². The molecule has 1 unspecified atom stereocenters. The van der Waals surface area contributed by atoms with Crippen LogP contribution in [0.3, 0.4) is 0 Å². The SMILES string of the molecule is CN(C)c1ccc(CC(=O)NC(n2nnc3ccccc32)C(C)(C)C)cc1. The summed E-state index contributed by atoms with van der Waals surface area (Å²) in [4.78, 5) is 14.8. The summed E-state index contributed by atoms with van der Waals surface area (Å²) in [5, 5.41) is 11.7. The Balaban J connectivity index is 1.80. The highest BCUT2D eigenvalue weighted by atomic mass is 16.1. The summed E-state index contributed by atoms with van der Waals surface area (Å²) in [7, 11) is 4.00. The zero-order chi connectivity index (χ0) is 19.6. The number of benzene rings is 2. The number of nitrogens with zero attached hydrogens (tertiary/aromatic N) is 4. The highest BCUT2D eigenvalue weighted by Crippen LogP contribution is 2.30. The first-order chi connectivity index (χ1) is 12.8. The van der Waals surface area contributed by atoms with Gasteiger partial charge in [0.2, 0.25) is 5.91 Å². The number of hydrogen-bond acceptors (Lipinski definition) is 4. The van der Waals surface area contributed by atoms with Crippen LogP contribution in [0.15, 0.2) is 48.5 Å². The van der Waals surface area contributed by atoms with Gasteiger partial charge in [-0.1, -0.05) is 50.3 Å². The van der Waals surface area contributed by atoms with Crippen molar-refractivity contribution >= 4 is 22.6 Å². The van der Waals surface area contributed by atoms with Crippen molar-refractivity contribution in [2.24, 2.45) is 5.41 Å². The van der Waals surface area contributed by atoms with Crippen molar-refractivity contribution in [2.45, 2.75) is 33.4 Å². The molecule has 0 radical (unpaired) electrons. The van der Waals surface area contributed by atoms with Gasteiger partial charge in [-0.2, -0.15) is 0 Å². The number of anilines is 1. The molecule has 0 saturated heterocycles. The Morgan fingerprint density at radius 1 is 1.11 bits per heavy atom. The quantitative estimate of drug-likeness (QED) is 0.753. The third kappa shape index (κ3) is 4.27. The third-order valence-electron chi connectivity index (χ3n) is 4.56. The summed E-state index contributed by atoms with van der Waals surface area (Å²) < 4.78 is 1.81. The molecule has 142 valence electrons. The van der Waals surface area contributed by atoms with Gasteiger partial charge >= 0.3 is 0 Å². The van der Waals surface area contributed by atoms with E-state index in [9.17, 15) is 4.79 Å². The molecular formula is C21H27N5O. The minimum atomic E-state index is -0.293. The van der Waals surface area contributed by atoms with Crippen molar-refractivity contribution in [1.29, 1.82) is 0 Å². The molecule has 0 saturated carbocycles. The zero-order valence-electron chi connectivity index (χ0n) is 16.6. The maximum Gasteiger partial charge on any atom is 0.226 e. The number of amides is 1. The average molecular weight is 365 g/mol. The monoisotopic (exact) mass is 365 g/mol. The molecule has 1 amide bonds. The van der Waals surface area contributed by atoms with Gasteiger partial charge in [0.1, 0.15) is 11.7 Å². The molecule has 3 rings (SSSR count). The van der Waals surface area contributed by atoms with Gasteiger partial charge in [-0.05, 0) is 29.8 Å². The maximum atomic E-state index is 12.7. The number of carbonyl (C=O) groups is 1. The molecule has 6 heteroatoms. The smallest absolute Gasteiger partial charge is 0.226 e. The van der Waals surface area contributed by atoms with E-state index in [1.165, 1.54) is 0 Å². The lowest BCUT2D eigenvalue weighted by Crippen LogP contribution is -2.41. The Morgan fingerprint density at radius 2 is 1.78 bits per heavy atom. The Morgan fingerprint density at radius 3 is 2.41 bits per heavy atom. The van der Waals surface area contributed by atoms with E-state index in [2.05, 4.69) is 36.4 Å². The van der Waals surface area contributed by atoms with Crippen LogP contribution in [0.25, 0.3) is 11.0 Å². The Bertz CT molecular complexity index is 922. The van der Waals surface area contributed by atoms with Crippen LogP contribution in [0.4, 0.5) is 5.69 Å². The molecule has 0 bridgehead atoms. The van der Waals surface area contributed by atoms with Crippen LogP contribution in [0.1, 0.15) is 32.5 Å². The molecule has 0 spiro atoms. The minimum Gasteiger partial charge on any atom is -0.378 e. The second-order valence-corrected chi connectivity index (χ2v) is 8.10. The van der Waals surface area contributed by atoms with Gasteiger partial charge < -0.3 is 10.2 Å². The number of hydrogen-bond donors (Lipinski definition) is 1. The van der Waals surface area contributed by atoms with Crippen LogP contribution in [0.5, 0.6) is 0 Å². The highest BCUT2D eigenvalue weighted by Gasteiger charge is 2.30. The maximum absolute atomic E-state index is 12.7. The minimum absolute atomic E-state index is 0.0351. The average Bonchev–Trinajstić information content (AvgIpc) is 3.03. The Labute approximate surface area is 160 Å². The van der Waals surface area contributed by atoms with E-state index in [0.717, 1.165) is 22.3 Å². The van der Waals surface area contributed by atoms with Gasteiger partial charge in [0, 0.05) is 25.2 Å². The zero-order valence-corrected chi connectivity index (χ0v) is 16.6. The Kier molecular flexibility index (Phi) is 5.17. The van der Waals surface area contributed by atoms with Gasteiger partial charge in [-0.25, -0.2) is 4.68 Å². The number of rotatable bonds is 5. The molecule has 1 atom stereocenters. The summed E-state index contributed by atoms with van der Waals surface area (Å²) >= 11 is 0. The summed E-state index contributed by atoms with van der Waals surface area (Å²) in [5.74, 6) is -0.0351.